The minimum atomic E-state index is -0.225. The van der Waals surface area contributed by atoms with Gasteiger partial charge in [0.25, 0.3) is 5.91 Å². The molecule has 21 heavy (non-hydrogen) atoms. The smallest absolute Gasteiger partial charge is 0.257 e. The van der Waals surface area contributed by atoms with Gasteiger partial charge in [0.1, 0.15) is 6.07 Å². The highest BCUT2D eigenvalue weighted by Crippen LogP contribution is 2.20. The molecule has 0 spiro atoms. The molecule has 1 amide bonds. The largest absolute Gasteiger partial charge is 0.385 e. The van der Waals surface area contributed by atoms with Crippen LogP contribution in [0.25, 0.3) is 0 Å². The second kappa shape index (κ2) is 6.58. The van der Waals surface area contributed by atoms with E-state index in [1.807, 2.05) is 32.0 Å². The summed E-state index contributed by atoms with van der Waals surface area (Å²) in [4.78, 5) is 12.5. The van der Waals surface area contributed by atoms with Gasteiger partial charge in [-0.25, -0.2) is 0 Å². The average molecular weight is 279 g/mol. The van der Waals surface area contributed by atoms with Gasteiger partial charge in [0.05, 0.1) is 16.8 Å². The lowest BCUT2D eigenvalue weighted by Crippen LogP contribution is -2.15. The molecule has 4 nitrogen and oxygen atoms in total. The standard InChI is InChI=1S/C17H17N3O/c1-3-19-16-9-8-12(2)10-14(16)17(21)20-15-7-5-4-6-13(15)11-18/h4-10,19H,3H2,1-2H3,(H,20,21). The number of para-hydroxylation sites is 1. The average Bonchev–Trinajstić information content (AvgIpc) is 2.49. The van der Waals surface area contributed by atoms with Crippen LogP contribution in [0.15, 0.2) is 42.5 Å². The number of amides is 1. The fourth-order valence-electron chi connectivity index (χ4n) is 2.07. The van der Waals surface area contributed by atoms with Gasteiger partial charge in [-0.2, -0.15) is 5.26 Å². The normalized spacial score (nSPS) is 9.76. The predicted molar refractivity (Wildman–Crippen MR) is 84.5 cm³/mol. The summed E-state index contributed by atoms with van der Waals surface area (Å²) in [6.07, 6.45) is 0. The topological polar surface area (TPSA) is 64.9 Å². The summed E-state index contributed by atoms with van der Waals surface area (Å²) in [6, 6.07) is 14.7. The number of carbonyl (C=O) groups is 1. The summed E-state index contributed by atoms with van der Waals surface area (Å²) < 4.78 is 0. The zero-order chi connectivity index (χ0) is 15.2. The number of nitriles is 1. The van der Waals surface area contributed by atoms with Crippen molar-refractivity contribution in [2.45, 2.75) is 13.8 Å². The van der Waals surface area contributed by atoms with E-state index in [9.17, 15) is 4.79 Å². The van der Waals surface area contributed by atoms with Crippen LogP contribution in [-0.4, -0.2) is 12.5 Å². The van der Waals surface area contributed by atoms with E-state index < -0.39 is 0 Å². The molecule has 2 N–H and O–H groups in total. The highest BCUT2D eigenvalue weighted by Gasteiger charge is 2.13. The number of aryl methyl sites for hydroxylation is 1. The number of carbonyl (C=O) groups excluding carboxylic acids is 1. The van der Waals surface area contributed by atoms with E-state index in [0.29, 0.717) is 16.8 Å². The summed E-state index contributed by atoms with van der Waals surface area (Å²) in [5.41, 5.74) is 3.34. The maximum absolute atomic E-state index is 12.5. The van der Waals surface area contributed by atoms with Crippen molar-refractivity contribution in [3.8, 4) is 6.07 Å². The van der Waals surface area contributed by atoms with Crippen LogP contribution in [-0.2, 0) is 0 Å². The minimum Gasteiger partial charge on any atom is -0.385 e. The highest BCUT2D eigenvalue weighted by atomic mass is 16.1. The number of hydrogen-bond donors (Lipinski definition) is 2. The molecule has 0 atom stereocenters. The molecule has 0 bridgehead atoms. The first-order valence-corrected chi connectivity index (χ1v) is 6.80. The zero-order valence-corrected chi connectivity index (χ0v) is 12.1. The Bertz CT molecular complexity index is 701. The highest BCUT2D eigenvalue weighted by molar-refractivity contribution is 6.08. The molecule has 0 radical (unpaired) electrons. The molecule has 0 heterocycles. The van der Waals surface area contributed by atoms with Gasteiger partial charge in [0.15, 0.2) is 0 Å². The van der Waals surface area contributed by atoms with Gasteiger partial charge in [-0.1, -0.05) is 23.8 Å². The van der Waals surface area contributed by atoms with E-state index in [4.69, 9.17) is 5.26 Å². The Labute approximate surface area is 124 Å². The Hall–Kier alpha value is -2.80. The molecule has 4 heteroatoms. The van der Waals surface area contributed by atoms with Crippen LogP contribution in [0.2, 0.25) is 0 Å². The van der Waals surface area contributed by atoms with Crippen LogP contribution in [0, 0.1) is 18.3 Å². The van der Waals surface area contributed by atoms with Gasteiger partial charge in [-0.15, -0.1) is 0 Å². The van der Waals surface area contributed by atoms with Crippen molar-refractivity contribution in [1.29, 1.82) is 5.26 Å². The lowest BCUT2D eigenvalue weighted by atomic mass is 10.1. The Kier molecular flexibility index (Phi) is 4.57. The molecule has 0 aliphatic rings. The van der Waals surface area contributed by atoms with Crippen molar-refractivity contribution >= 4 is 17.3 Å². The zero-order valence-electron chi connectivity index (χ0n) is 12.1. The van der Waals surface area contributed by atoms with Gasteiger partial charge in [0, 0.05) is 12.2 Å². The Morgan fingerprint density at radius 3 is 2.67 bits per heavy atom. The number of nitrogens with zero attached hydrogens (tertiary/aromatic N) is 1. The summed E-state index contributed by atoms with van der Waals surface area (Å²) in [7, 11) is 0. The molecule has 106 valence electrons. The van der Waals surface area contributed by atoms with E-state index in [1.165, 1.54) is 0 Å². The lowest BCUT2D eigenvalue weighted by molar-refractivity contribution is 0.102. The van der Waals surface area contributed by atoms with Crippen LogP contribution >= 0.6 is 0 Å². The number of nitrogens with one attached hydrogen (secondary N) is 2. The fraction of sp³-hybridized carbons (Fsp3) is 0.176. The van der Waals surface area contributed by atoms with E-state index in [2.05, 4.69) is 16.7 Å². The summed E-state index contributed by atoms with van der Waals surface area (Å²) in [5, 5.41) is 15.0. The minimum absolute atomic E-state index is 0.225. The molecular weight excluding hydrogens is 262 g/mol. The Morgan fingerprint density at radius 2 is 1.95 bits per heavy atom. The van der Waals surface area contributed by atoms with Gasteiger partial charge in [-0.05, 0) is 38.1 Å². The monoisotopic (exact) mass is 279 g/mol. The molecule has 2 aromatic rings. The first kappa shape index (κ1) is 14.6. The quantitative estimate of drug-likeness (QED) is 0.899. The molecule has 0 saturated carbocycles. The Balaban J connectivity index is 2.32. The SMILES string of the molecule is CCNc1ccc(C)cc1C(=O)Nc1ccccc1C#N. The molecule has 0 unspecified atom stereocenters. The summed E-state index contributed by atoms with van der Waals surface area (Å²) in [6.45, 7) is 4.65. The number of hydrogen-bond acceptors (Lipinski definition) is 3. The molecule has 0 aliphatic carbocycles. The molecule has 2 aromatic carbocycles. The van der Waals surface area contributed by atoms with Crippen molar-refractivity contribution in [1.82, 2.24) is 0 Å². The van der Waals surface area contributed by atoms with Gasteiger partial charge >= 0.3 is 0 Å². The van der Waals surface area contributed by atoms with Crippen molar-refractivity contribution in [2.75, 3.05) is 17.2 Å². The van der Waals surface area contributed by atoms with E-state index >= 15 is 0 Å². The van der Waals surface area contributed by atoms with Crippen LogP contribution < -0.4 is 10.6 Å². The van der Waals surface area contributed by atoms with Crippen LogP contribution in [0.3, 0.4) is 0 Å². The van der Waals surface area contributed by atoms with Gasteiger partial charge in [-0.3, -0.25) is 4.79 Å². The first-order valence-electron chi connectivity index (χ1n) is 6.80. The molecule has 2 rings (SSSR count). The summed E-state index contributed by atoms with van der Waals surface area (Å²) >= 11 is 0. The van der Waals surface area contributed by atoms with Crippen molar-refractivity contribution in [3.63, 3.8) is 0 Å². The fourth-order valence-corrected chi connectivity index (χ4v) is 2.07. The van der Waals surface area contributed by atoms with Crippen LogP contribution in [0.4, 0.5) is 11.4 Å². The number of rotatable bonds is 4. The third-order valence-corrected chi connectivity index (χ3v) is 3.08. The van der Waals surface area contributed by atoms with E-state index in [0.717, 1.165) is 17.8 Å². The van der Waals surface area contributed by atoms with Gasteiger partial charge < -0.3 is 10.6 Å². The van der Waals surface area contributed by atoms with Crippen molar-refractivity contribution < 1.29 is 4.79 Å². The number of anilines is 2. The summed E-state index contributed by atoms with van der Waals surface area (Å²) in [5.74, 6) is -0.225. The second-order valence-corrected chi connectivity index (χ2v) is 4.69. The predicted octanol–water partition coefficient (Wildman–Crippen LogP) is 3.55. The molecule has 0 fully saturated rings. The molecular formula is C17H17N3O. The van der Waals surface area contributed by atoms with E-state index in [-0.39, 0.29) is 5.91 Å². The van der Waals surface area contributed by atoms with Gasteiger partial charge in [0.2, 0.25) is 0 Å². The van der Waals surface area contributed by atoms with Crippen LogP contribution in [0.1, 0.15) is 28.4 Å². The first-order chi connectivity index (χ1) is 10.2. The van der Waals surface area contributed by atoms with E-state index in [1.54, 1.807) is 24.3 Å². The van der Waals surface area contributed by atoms with Crippen LogP contribution in [0.5, 0.6) is 0 Å². The maximum Gasteiger partial charge on any atom is 0.257 e. The van der Waals surface area contributed by atoms with Crippen molar-refractivity contribution in [2.24, 2.45) is 0 Å². The molecule has 0 saturated heterocycles. The number of benzene rings is 2. The maximum atomic E-state index is 12.5. The lowest BCUT2D eigenvalue weighted by Gasteiger charge is -2.12. The Morgan fingerprint density at radius 1 is 1.19 bits per heavy atom. The second-order valence-electron chi connectivity index (χ2n) is 4.69. The van der Waals surface area contributed by atoms with Crippen molar-refractivity contribution in [3.05, 3.63) is 59.2 Å². The molecule has 0 aliphatic heterocycles. The third kappa shape index (κ3) is 3.40. The molecule has 0 aromatic heterocycles. The third-order valence-electron chi connectivity index (χ3n) is 3.08.